The Balaban J connectivity index is 1.80. The summed E-state index contributed by atoms with van der Waals surface area (Å²) in [5.41, 5.74) is 0.753. The number of amides is 2. The summed E-state index contributed by atoms with van der Waals surface area (Å²) in [5, 5.41) is 4.19. The maximum Gasteiger partial charge on any atom is 0.283 e. The summed E-state index contributed by atoms with van der Waals surface area (Å²) in [6.45, 7) is 0. The number of carbonyl (C=O) groups is 2. The van der Waals surface area contributed by atoms with Crippen molar-refractivity contribution in [3.05, 3.63) is 86.3 Å². The highest BCUT2D eigenvalue weighted by molar-refractivity contribution is 8.04. The van der Waals surface area contributed by atoms with Crippen LogP contribution in [0.2, 0.25) is 15.1 Å². The molecule has 0 saturated carbocycles. The Morgan fingerprint density at radius 1 is 0.824 bits per heavy atom. The van der Waals surface area contributed by atoms with Crippen LogP contribution in [-0.2, 0) is 9.59 Å². The molecular weight excluding hydrogens is 519 g/mol. The maximum absolute atomic E-state index is 13.6. The maximum atomic E-state index is 13.6. The summed E-state index contributed by atoms with van der Waals surface area (Å²) < 4.78 is 10.7. The number of hydrogen-bond donors (Lipinski definition) is 1. The van der Waals surface area contributed by atoms with Crippen LogP contribution in [0.3, 0.4) is 0 Å². The average Bonchev–Trinajstić information content (AvgIpc) is 3.04. The van der Waals surface area contributed by atoms with Crippen LogP contribution in [0.25, 0.3) is 0 Å². The second-order valence-electron chi connectivity index (χ2n) is 6.99. The summed E-state index contributed by atoms with van der Waals surface area (Å²) >= 11 is 19.5. The normalized spacial score (nSPS) is 13.5. The first-order valence-corrected chi connectivity index (χ1v) is 11.8. The minimum absolute atomic E-state index is 0.0718. The number of rotatable bonds is 7. The second kappa shape index (κ2) is 10.2. The van der Waals surface area contributed by atoms with Crippen molar-refractivity contribution >= 4 is 69.8 Å². The molecule has 174 valence electrons. The molecule has 2 amide bonds. The Hall–Kier alpha value is -2.84. The van der Waals surface area contributed by atoms with Crippen LogP contribution in [0.1, 0.15) is 0 Å². The number of ether oxygens (including phenoxy) is 2. The molecule has 3 aromatic carbocycles. The van der Waals surface area contributed by atoms with Crippen molar-refractivity contribution in [2.24, 2.45) is 0 Å². The third kappa shape index (κ3) is 4.83. The number of thioether (sulfide) groups is 1. The van der Waals surface area contributed by atoms with E-state index in [0.717, 1.165) is 21.6 Å². The van der Waals surface area contributed by atoms with Gasteiger partial charge in [0.05, 0.1) is 30.6 Å². The van der Waals surface area contributed by atoms with Crippen molar-refractivity contribution in [1.29, 1.82) is 0 Å². The Bertz CT molecular complexity index is 1310. The molecule has 4 rings (SSSR count). The monoisotopic (exact) mass is 534 g/mol. The highest BCUT2D eigenvalue weighted by Crippen LogP contribution is 2.41. The van der Waals surface area contributed by atoms with E-state index in [9.17, 15) is 9.59 Å². The van der Waals surface area contributed by atoms with E-state index >= 15 is 0 Å². The number of halogens is 3. The molecule has 1 heterocycles. The van der Waals surface area contributed by atoms with Gasteiger partial charge in [0.2, 0.25) is 0 Å². The van der Waals surface area contributed by atoms with E-state index in [-0.39, 0.29) is 21.3 Å². The van der Waals surface area contributed by atoms with Gasteiger partial charge in [-0.25, -0.2) is 4.90 Å². The first-order chi connectivity index (χ1) is 16.3. The molecule has 0 saturated heterocycles. The molecule has 1 N–H and O–H groups in total. The number of methoxy groups -OCH3 is 2. The fraction of sp³-hybridized carbons (Fsp3) is 0.0833. The van der Waals surface area contributed by atoms with Gasteiger partial charge >= 0.3 is 0 Å². The predicted octanol–water partition coefficient (Wildman–Crippen LogP) is 6.65. The van der Waals surface area contributed by atoms with Crippen LogP contribution < -0.4 is 19.7 Å². The lowest BCUT2D eigenvalue weighted by Crippen LogP contribution is -2.32. The van der Waals surface area contributed by atoms with Crippen LogP contribution in [0.5, 0.6) is 11.5 Å². The molecular formula is C24H17Cl3N2O4S. The van der Waals surface area contributed by atoms with Crippen molar-refractivity contribution < 1.29 is 19.1 Å². The van der Waals surface area contributed by atoms with Gasteiger partial charge in [0, 0.05) is 21.0 Å². The van der Waals surface area contributed by atoms with Crippen molar-refractivity contribution in [3.63, 3.8) is 0 Å². The minimum atomic E-state index is -0.574. The number of anilines is 2. The molecule has 0 spiro atoms. The lowest BCUT2D eigenvalue weighted by atomic mass is 10.2. The minimum Gasteiger partial charge on any atom is -0.497 e. The molecule has 0 unspecified atom stereocenters. The van der Waals surface area contributed by atoms with Gasteiger partial charge in [-0.1, -0.05) is 46.6 Å². The van der Waals surface area contributed by atoms with E-state index in [0.29, 0.717) is 27.2 Å². The Morgan fingerprint density at radius 2 is 1.53 bits per heavy atom. The number of benzene rings is 3. The largest absolute Gasteiger partial charge is 0.497 e. The summed E-state index contributed by atoms with van der Waals surface area (Å²) in [7, 11) is 3.04. The van der Waals surface area contributed by atoms with Crippen LogP contribution in [0.15, 0.2) is 76.2 Å². The number of hydrogen-bond acceptors (Lipinski definition) is 6. The van der Waals surface area contributed by atoms with Crippen molar-refractivity contribution in [2.45, 2.75) is 4.90 Å². The fourth-order valence-corrected chi connectivity index (χ4v) is 4.81. The SMILES string of the molecule is COc1ccc(OC)c(NC2=C(Sc3ccc(Cl)cc3)C(=O)N(c3ccc(Cl)cc3Cl)C2=O)c1. The fourth-order valence-electron chi connectivity index (χ4n) is 3.26. The Labute approximate surface area is 215 Å². The lowest BCUT2D eigenvalue weighted by molar-refractivity contribution is -0.120. The van der Waals surface area contributed by atoms with Crippen molar-refractivity contribution in [3.8, 4) is 11.5 Å². The molecule has 1 aliphatic heterocycles. The molecule has 3 aromatic rings. The zero-order valence-electron chi connectivity index (χ0n) is 17.9. The van der Waals surface area contributed by atoms with E-state index in [4.69, 9.17) is 44.3 Å². The molecule has 6 nitrogen and oxygen atoms in total. The van der Waals surface area contributed by atoms with Gasteiger partial charge in [0.15, 0.2) is 0 Å². The molecule has 0 fully saturated rings. The zero-order chi connectivity index (χ0) is 24.4. The van der Waals surface area contributed by atoms with Gasteiger partial charge in [-0.15, -0.1) is 0 Å². The quantitative estimate of drug-likeness (QED) is 0.342. The van der Waals surface area contributed by atoms with E-state index in [1.165, 1.54) is 26.4 Å². The van der Waals surface area contributed by atoms with Gasteiger partial charge < -0.3 is 14.8 Å². The van der Waals surface area contributed by atoms with Crippen molar-refractivity contribution in [2.75, 3.05) is 24.4 Å². The topological polar surface area (TPSA) is 67.9 Å². The average molecular weight is 536 g/mol. The van der Waals surface area contributed by atoms with Crippen molar-refractivity contribution in [1.82, 2.24) is 0 Å². The highest BCUT2D eigenvalue weighted by atomic mass is 35.5. The van der Waals surface area contributed by atoms with Gasteiger partial charge in [0.1, 0.15) is 22.1 Å². The zero-order valence-corrected chi connectivity index (χ0v) is 21.0. The summed E-state index contributed by atoms with van der Waals surface area (Å²) in [6, 6.07) is 16.6. The first-order valence-electron chi connectivity index (χ1n) is 9.83. The smallest absolute Gasteiger partial charge is 0.283 e. The van der Waals surface area contributed by atoms with Crippen LogP contribution in [-0.4, -0.2) is 26.0 Å². The van der Waals surface area contributed by atoms with Gasteiger partial charge in [0.25, 0.3) is 11.8 Å². The van der Waals surface area contributed by atoms with Gasteiger partial charge in [-0.2, -0.15) is 0 Å². The van der Waals surface area contributed by atoms with Crippen LogP contribution >= 0.6 is 46.6 Å². The molecule has 10 heteroatoms. The summed E-state index contributed by atoms with van der Waals surface area (Å²) in [5.74, 6) is -0.0911. The molecule has 0 bridgehead atoms. The third-order valence-electron chi connectivity index (χ3n) is 4.89. The molecule has 0 atom stereocenters. The molecule has 0 aromatic heterocycles. The van der Waals surface area contributed by atoms with E-state index in [2.05, 4.69) is 5.32 Å². The summed E-state index contributed by atoms with van der Waals surface area (Å²) in [6.07, 6.45) is 0. The predicted molar refractivity (Wildman–Crippen MR) is 136 cm³/mol. The lowest BCUT2D eigenvalue weighted by Gasteiger charge is -2.17. The Morgan fingerprint density at radius 3 is 2.18 bits per heavy atom. The molecule has 34 heavy (non-hydrogen) atoms. The third-order valence-corrected chi connectivity index (χ3v) is 6.77. The molecule has 1 aliphatic rings. The number of nitrogens with zero attached hydrogens (tertiary/aromatic N) is 1. The van der Waals surface area contributed by atoms with Gasteiger partial charge in [-0.3, -0.25) is 9.59 Å². The van der Waals surface area contributed by atoms with E-state index < -0.39 is 11.8 Å². The standard InChI is InChI=1S/C24H17Cl3N2O4S/c1-32-15-6-10-20(33-2)18(12-15)28-21-22(34-16-7-3-13(25)4-8-16)24(31)29(23(21)30)19-9-5-14(26)11-17(19)27/h3-12,28H,1-2H3. The first kappa shape index (κ1) is 24.3. The summed E-state index contributed by atoms with van der Waals surface area (Å²) in [4.78, 5) is 29.0. The number of nitrogens with one attached hydrogen (secondary N) is 1. The second-order valence-corrected chi connectivity index (χ2v) is 9.36. The van der Waals surface area contributed by atoms with E-state index in [1.807, 2.05) is 0 Å². The number of imide groups is 1. The van der Waals surface area contributed by atoms with Gasteiger partial charge in [-0.05, 0) is 54.6 Å². The molecule has 0 aliphatic carbocycles. The highest BCUT2D eigenvalue weighted by Gasteiger charge is 2.41. The van der Waals surface area contributed by atoms with Crippen LogP contribution in [0, 0.1) is 0 Å². The van der Waals surface area contributed by atoms with Crippen LogP contribution in [0.4, 0.5) is 11.4 Å². The van der Waals surface area contributed by atoms with E-state index in [1.54, 1.807) is 48.5 Å². The Kier molecular flexibility index (Phi) is 7.28. The molecule has 0 radical (unpaired) electrons. The number of carbonyl (C=O) groups excluding carboxylic acids is 2.